The van der Waals surface area contributed by atoms with Crippen molar-refractivity contribution in [2.24, 2.45) is 0 Å². The summed E-state index contributed by atoms with van der Waals surface area (Å²) in [4.78, 5) is 41.3. The SMILES string of the molecule is Cc1nccn2c(C3CCCN3C(=O)OCc3ccccc3)nc(-c3ccc(C(=O)Nc4ccccn4)cc3)c12. The number of ether oxygens (including phenoxy) is 1. The number of carbonyl (C=O) groups is 2. The minimum Gasteiger partial charge on any atom is -0.445 e. The summed E-state index contributed by atoms with van der Waals surface area (Å²) in [5, 5.41) is 2.80. The molecule has 1 unspecified atom stereocenters. The number of nitrogens with zero attached hydrogens (tertiary/aromatic N) is 5. The van der Waals surface area contributed by atoms with Gasteiger partial charge in [-0.3, -0.25) is 19.1 Å². The highest BCUT2D eigenvalue weighted by molar-refractivity contribution is 6.04. The topological polar surface area (TPSA) is 102 Å². The Morgan fingerprint density at radius 3 is 2.55 bits per heavy atom. The summed E-state index contributed by atoms with van der Waals surface area (Å²) >= 11 is 0. The van der Waals surface area contributed by atoms with Crippen LogP contribution in [-0.2, 0) is 11.3 Å². The molecule has 9 nitrogen and oxygen atoms in total. The molecule has 0 aliphatic carbocycles. The van der Waals surface area contributed by atoms with Crippen LogP contribution in [0.4, 0.5) is 10.6 Å². The van der Waals surface area contributed by atoms with Crippen molar-refractivity contribution in [1.29, 1.82) is 0 Å². The van der Waals surface area contributed by atoms with Gasteiger partial charge in [0.15, 0.2) is 0 Å². The fourth-order valence-corrected chi connectivity index (χ4v) is 5.12. The maximum atomic E-state index is 13.1. The van der Waals surface area contributed by atoms with Crippen LogP contribution < -0.4 is 5.32 Å². The second-order valence-corrected chi connectivity index (χ2v) is 9.69. The Hall–Kier alpha value is -5.05. The molecule has 1 saturated heterocycles. The zero-order valence-corrected chi connectivity index (χ0v) is 22.0. The number of fused-ring (bicyclic) bond motifs is 1. The Kier molecular flexibility index (Phi) is 6.93. The van der Waals surface area contributed by atoms with E-state index in [4.69, 9.17) is 9.72 Å². The molecular formula is C31H28N6O3. The van der Waals surface area contributed by atoms with E-state index in [1.165, 1.54) is 0 Å². The first-order chi connectivity index (χ1) is 19.6. The Morgan fingerprint density at radius 1 is 0.975 bits per heavy atom. The van der Waals surface area contributed by atoms with E-state index in [-0.39, 0.29) is 24.6 Å². The largest absolute Gasteiger partial charge is 0.445 e. The van der Waals surface area contributed by atoms with Gasteiger partial charge in [0.1, 0.15) is 18.2 Å². The molecule has 6 rings (SSSR count). The minimum absolute atomic E-state index is 0.222. The number of rotatable bonds is 6. The highest BCUT2D eigenvalue weighted by Crippen LogP contribution is 2.36. The van der Waals surface area contributed by atoms with E-state index in [9.17, 15) is 9.59 Å². The van der Waals surface area contributed by atoms with Crippen LogP contribution in [0, 0.1) is 6.92 Å². The van der Waals surface area contributed by atoms with Crippen molar-refractivity contribution in [2.45, 2.75) is 32.4 Å². The summed E-state index contributed by atoms with van der Waals surface area (Å²) in [6.07, 6.45) is 6.56. The number of likely N-dealkylation sites (tertiary alicyclic amines) is 1. The molecule has 200 valence electrons. The Bertz CT molecular complexity index is 1650. The quantitative estimate of drug-likeness (QED) is 0.295. The first-order valence-electron chi connectivity index (χ1n) is 13.2. The fourth-order valence-electron chi connectivity index (χ4n) is 5.12. The van der Waals surface area contributed by atoms with Crippen LogP contribution in [0.2, 0.25) is 0 Å². The van der Waals surface area contributed by atoms with Gasteiger partial charge < -0.3 is 10.1 Å². The number of aromatic nitrogens is 4. The van der Waals surface area contributed by atoms with Gasteiger partial charge in [0.25, 0.3) is 5.91 Å². The maximum Gasteiger partial charge on any atom is 0.410 e. The molecule has 2 amide bonds. The van der Waals surface area contributed by atoms with Gasteiger partial charge in [-0.25, -0.2) is 14.8 Å². The molecule has 9 heteroatoms. The second-order valence-electron chi connectivity index (χ2n) is 9.69. The number of benzene rings is 2. The third-order valence-electron chi connectivity index (χ3n) is 7.08. The van der Waals surface area contributed by atoms with Crippen molar-refractivity contribution < 1.29 is 14.3 Å². The predicted octanol–water partition coefficient (Wildman–Crippen LogP) is 5.83. The van der Waals surface area contributed by atoms with E-state index in [1.54, 1.807) is 41.6 Å². The summed E-state index contributed by atoms with van der Waals surface area (Å²) in [6, 6.07) is 22.1. The van der Waals surface area contributed by atoms with Crippen molar-refractivity contribution >= 4 is 23.3 Å². The van der Waals surface area contributed by atoms with Crippen molar-refractivity contribution in [2.75, 3.05) is 11.9 Å². The lowest BCUT2D eigenvalue weighted by Crippen LogP contribution is -2.32. The van der Waals surface area contributed by atoms with E-state index >= 15 is 0 Å². The van der Waals surface area contributed by atoms with Crippen molar-refractivity contribution in [3.05, 3.63) is 114 Å². The van der Waals surface area contributed by atoms with Crippen LogP contribution in [0.1, 0.15) is 46.3 Å². The number of imidazole rings is 1. The average molecular weight is 533 g/mol. The zero-order chi connectivity index (χ0) is 27.5. The number of nitrogens with one attached hydrogen (secondary N) is 1. The van der Waals surface area contributed by atoms with Gasteiger partial charge in [-0.2, -0.15) is 0 Å². The number of pyridine rings is 1. The van der Waals surface area contributed by atoms with E-state index in [2.05, 4.69) is 15.3 Å². The van der Waals surface area contributed by atoms with Gasteiger partial charge in [0.05, 0.1) is 22.9 Å². The van der Waals surface area contributed by atoms with Gasteiger partial charge >= 0.3 is 6.09 Å². The third-order valence-corrected chi connectivity index (χ3v) is 7.08. The first kappa shape index (κ1) is 25.2. The van der Waals surface area contributed by atoms with E-state index in [1.807, 2.05) is 66.1 Å². The molecule has 1 aliphatic rings. The predicted molar refractivity (Wildman–Crippen MR) is 151 cm³/mol. The molecule has 1 atom stereocenters. The smallest absolute Gasteiger partial charge is 0.410 e. The van der Waals surface area contributed by atoms with Crippen LogP contribution in [0.5, 0.6) is 0 Å². The molecule has 1 aliphatic heterocycles. The molecule has 5 aromatic rings. The van der Waals surface area contributed by atoms with Crippen molar-refractivity contribution in [3.8, 4) is 11.3 Å². The van der Waals surface area contributed by atoms with Crippen LogP contribution in [0.25, 0.3) is 16.8 Å². The standard InChI is InChI=1S/C31H28N6O3/c1-21-28-27(23-12-14-24(15-13-23)30(38)34-26-11-5-6-16-33-26)35-29(37(28)19-17-32-21)25-10-7-18-36(25)31(39)40-20-22-8-3-2-4-9-22/h2-6,8-9,11-17,19,25H,7,10,18,20H2,1H3,(H,33,34,38). The fraction of sp³-hybridized carbons (Fsp3) is 0.194. The maximum absolute atomic E-state index is 13.1. The minimum atomic E-state index is -0.348. The van der Waals surface area contributed by atoms with Gasteiger partial charge in [0, 0.05) is 36.3 Å². The summed E-state index contributed by atoms with van der Waals surface area (Å²) in [5.74, 6) is 1.02. The van der Waals surface area contributed by atoms with Gasteiger partial charge in [0.2, 0.25) is 0 Å². The number of carbonyl (C=O) groups excluding carboxylic acids is 2. The highest BCUT2D eigenvalue weighted by atomic mass is 16.6. The van der Waals surface area contributed by atoms with Gasteiger partial charge in [-0.15, -0.1) is 0 Å². The van der Waals surface area contributed by atoms with Crippen molar-refractivity contribution in [3.63, 3.8) is 0 Å². The monoisotopic (exact) mass is 532 g/mol. The number of aryl methyl sites for hydroxylation is 1. The Labute approximate surface area is 231 Å². The van der Waals surface area contributed by atoms with Crippen LogP contribution in [-0.4, -0.2) is 42.8 Å². The van der Waals surface area contributed by atoms with E-state index in [0.29, 0.717) is 17.9 Å². The van der Waals surface area contributed by atoms with Crippen LogP contribution >= 0.6 is 0 Å². The molecule has 0 radical (unpaired) electrons. The summed E-state index contributed by atoms with van der Waals surface area (Å²) < 4.78 is 7.69. The first-order valence-corrected chi connectivity index (χ1v) is 13.2. The van der Waals surface area contributed by atoms with Gasteiger partial charge in [-0.1, -0.05) is 48.5 Å². The highest BCUT2D eigenvalue weighted by Gasteiger charge is 2.35. The number of hydrogen-bond donors (Lipinski definition) is 1. The summed E-state index contributed by atoms with van der Waals surface area (Å²) in [5.41, 5.74) is 4.75. The molecular weight excluding hydrogens is 504 g/mol. The number of anilines is 1. The molecule has 1 fully saturated rings. The molecule has 1 N–H and O–H groups in total. The Morgan fingerprint density at radius 2 is 1.77 bits per heavy atom. The third kappa shape index (κ3) is 5.01. The van der Waals surface area contributed by atoms with E-state index in [0.717, 1.165) is 46.7 Å². The molecule has 0 bridgehead atoms. The lowest BCUT2D eigenvalue weighted by atomic mass is 10.1. The summed E-state index contributed by atoms with van der Waals surface area (Å²) in [6.45, 7) is 2.77. The lowest BCUT2D eigenvalue weighted by molar-refractivity contribution is 0.0907. The number of hydrogen-bond acceptors (Lipinski definition) is 6. The van der Waals surface area contributed by atoms with Crippen LogP contribution in [0.15, 0.2) is 91.4 Å². The summed E-state index contributed by atoms with van der Waals surface area (Å²) in [7, 11) is 0. The van der Waals surface area contributed by atoms with Gasteiger partial charge in [-0.05, 0) is 49.6 Å². The Balaban J connectivity index is 1.28. The molecule has 40 heavy (non-hydrogen) atoms. The molecule has 3 aromatic heterocycles. The molecule has 2 aromatic carbocycles. The average Bonchev–Trinajstić information content (AvgIpc) is 3.63. The normalized spacial score (nSPS) is 14.8. The van der Waals surface area contributed by atoms with Crippen molar-refractivity contribution in [1.82, 2.24) is 24.3 Å². The molecule has 4 heterocycles. The zero-order valence-electron chi connectivity index (χ0n) is 22.0. The number of amides is 2. The second kappa shape index (κ2) is 11.0. The lowest BCUT2D eigenvalue weighted by Gasteiger charge is -2.23. The van der Waals surface area contributed by atoms with E-state index < -0.39 is 0 Å². The van der Waals surface area contributed by atoms with Crippen LogP contribution in [0.3, 0.4) is 0 Å². The molecule has 0 spiro atoms. The molecule has 0 saturated carbocycles.